The number of carbonyl (C=O) groups excluding carboxylic acids is 1. The smallest absolute Gasteiger partial charge is 0.254 e. The zero-order valence-electron chi connectivity index (χ0n) is 15.5. The van der Waals surface area contributed by atoms with Crippen LogP contribution in [0.15, 0.2) is 36.8 Å². The van der Waals surface area contributed by atoms with Gasteiger partial charge in [-0.1, -0.05) is 0 Å². The standard InChI is InChI=1S/C20H22N6O/c1-13-12-22-19(23-13)17-11-16(24-14(2)25-17)18-5-3-4-10-26(18)20(27)15-6-8-21-9-7-15/h6-9,11-12,18H,3-5,10H2,1-2H3,(H,22,23)/t18-/m0/s1. The molecule has 1 amide bonds. The molecular weight excluding hydrogens is 340 g/mol. The number of piperidine rings is 1. The molecule has 1 fully saturated rings. The van der Waals surface area contributed by atoms with E-state index < -0.39 is 0 Å². The first-order valence-electron chi connectivity index (χ1n) is 9.20. The van der Waals surface area contributed by atoms with Crippen LogP contribution < -0.4 is 0 Å². The van der Waals surface area contributed by atoms with E-state index in [4.69, 9.17) is 0 Å². The number of carbonyl (C=O) groups is 1. The van der Waals surface area contributed by atoms with Gasteiger partial charge >= 0.3 is 0 Å². The van der Waals surface area contributed by atoms with Crippen molar-refractivity contribution in [2.24, 2.45) is 0 Å². The van der Waals surface area contributed by atoms with Crippen LogP contribution in [0.4, 0.5) is 0 Å². The average molecular weight is 362 g/mol. The first-order valence-corrected chi connectivity index (χ1v) is 9.20. The van der Waals surface area contributed by atoms with Gasteiger partial charge in [0.2, 0.25) is 0 Å². The lowest BCUT2D eigenvalue weighted by Gasteiger charge is -2.35. The number of nitrogens with one attached hydrogen (secondary N) is 1. The number of aryl methyl sites for hydroxylation is 2. The summed E-state index contributed by atoms with van der Waals surface area (Å²) in [5, 5.41) is 0. The highest BCUT2D eigenvalue weighted by molar-refractivity contribution is 5.94. The maximum atomic E-state index is 13.1. The van der Waals surface area contributed by atoms with Gasteiger partial charge in [0.15, 0.2) is 5.82 Å². The van der Waals surface area contributed by atoms with Gasteiger partial charge in [0, 0.05) is 36.4 Å². The molecule has 4 heterocycles. The summed E-state index contributed by atoms with van der Waals surface area (Å²) in [5.74, 6) is 1.43. The van der Waals surface area contributed by atoms with Crippen LogP contribution in [0.5, 0.6) is 0 Å². The molecule has 0 radical (unpaired) electrons. The summed E-state index contributed by atoms with van der Waals surface area (Å²) in [5.41, 5.74) is 3.26. The van der Waals surface area contributed by atoms with Crippen LogP contribution in [0.1, 0.15) is 52.9 Å². The van der Waals surface area contributed by atoms with Crippen LogP contribution in [0.2, 0.25) is 0 Å². The number of aromatic amines is 1. The zero-order valence-corrected chi connectivity index (χ0v) is 15.5. The molecule has 3 aromatic rings. The predicted molar refractivity (Wildman–Crippen MR) is 101 cm³/mol. The highest BCUT2D eigenvalue weighted by Gasteiger charge is 2.30. The van der Waals surface area contributed by atoms with Crippen LogP contribution in [0, 0.1) is 13.8 Å². The Labute approximate surface area is 157 Å². The van der Waals surface area contributed by atoms with E-state index in [9.17, 15) is 4.79 Å². The molecule has 1 N–H and O–H groups in total. The average Bonchev–Trinajstić information content (AvgIpc) is 3.14. The molecule has 0 spiro atoms. The van der Waals surface area contributed by atoms with E-state index >= 15 is 0 Å². The first-order chi connectivity index (χ1) is 13.1. The number of imidazole rings is 1. The monoisotopic (exact) mass is 362 g/mol. The summed E-state index contributed by atoms with van der Waals surface area (Å²) in [6.07, 6.45) is 8.05. The Hall–Kier alpha value is -3.09. The molecule has 7 heteroatoms. The Morgan fingerprint density at radius 3 is 2.74 bits per heavy atom. The molecule has 1 aliphatic heterocycles. The molecule has 0 bridgehead atoms. The Kier molecular flexibility index (Phi) is 4.66. The minimum Gasteiger partial charge on any atom is -0.341 e. The van der Waals surface area contributed by atoms with Gasteiger partial charge in [-0.2, -0.15) is 0 Å². The number of amides is 1. The molecular formula is C20H22N6O. The molecule has 1 aliphatic rings. The zero-order chi connectivity index (χ0) is 18.8. The molecule has 1 saturated heterocycles. The van der Waals surface area contributed by atoms with Crippen molar-refractivity contribution in [3.63, 3.8) is 0 Å². The van der Waals surface area contributed by atoms with Crippen LogP contribution in [-0.2, 0) is 0 Å². The number of aromatic nitrogens is 5. The first kappa shape index (κ1) is 17.3. The highest BCUT2D eigenvalue weighted by Crippen LogP contribution is 2.32. The minimum atomic E-state index is -0.0593. The van der Waals surface area contributed by atoms with Gasteiger partial charge in [0.25, 0.3) is 5.91 Å². The quantitative estimate of drug-likeness (QED) is 0.773. The van der Waals surface area contributed by atoms with Gasteiger partial charge in [-0.05, 0) is 51.3 Å². The fourth-order valence-electron chi connectivity index (χ4n) is 3.57. The summed E-state index contributed by atoms with van der Waals surface area (Å²) < 4.78 is 0. The maximum absolute atomic E-state index is 13.1. The van der Waals surface area contributed by atoms with Crippen molar-refractivity contribution in [1.29, 1.82) is 0 Å². The van der Waals surface area contributed by atoms with Gasteiger partial charge in [-0.25, -0.2) is 15.0 Å². The third kappa shape index (κ3) is 3.58. The molecule has 4 rings (SSSR count). The Balaban J connectivity index is 1.70. The van der Waals surface area contributed by atoms with Crippen molar-refractivity contribution in [3.05, 3.63) is 59.6 Å². The van der Waals surface area contributed by atoms with Crippen molar-refractivity contribution in [3.8, 4) is 11.5 Å². The lowest BCUT2D eigenvalue weighted by Crippen LogP contribution is -2.39. The summed E-state index contributed by atoms with van der Waals surface area (Å²) in [7, 11) is 0. The van der Waals surface area contributed by atoms with E-state index in [0.717, 1.165) is 48.7 Å². The number of H-pyrrole nitrogens is 1. The summed E-state index contributed by atoms with van der Waals surface area (Å²) in [6.45, 7) is 4.56. The summed E-state index contributed by atoms with van der Waals surface area (Å²) in [4.78, 5) is 35.8. The molecule has 0 aliphatic carbocycles. The number of hydrogen-bond acceptors (Lipinski definition) is 5. The van der Waals surface area contributed by atoms with Crippen molar-refractivity contribution in [2.75, 3.05) is 6.54 Å². The number of hydrogen-bond donors (Lipinski definition) is 1. The Morgan fingerprint density at radius 2 is 2.00 bits per heavy atom. The third-order valence-corrected chi connectivity index (χ3v) is 4.84. The van der Waals surface area contributed by atoms with Crippen molar-refractivity contribution in [1.82, 2.24) is 29.8 Å². The lowest BCUT2D eigenvalue weighted by atomic mass is 9.97. The van der Waals surface area contributed by atoms with E-state index in [0.29, 0.717) is 11.4 Å². The molecule has 138 valence electrons. The second kappa shape index (κ2) is 7.26. The largest absolute Gasteiger partial charge is 0.341 e. The molecule has 0 unspecified atom stereocenters. The number of rotatable bonds is 3. The molecule has 7 nitrogen and oxygen atoms in total. The number of nitrogens with zero attached hydrogens (tertiary/aromatic N) is 5. The molecule has 3 aromatic heterocycles. The van der Waals surface area contributed by atoms with Crippen LogP contribution in [0.25, 0.3) is 11.5 Å². The SMILES string of the molecule is Cc1nc(-c2ncc(C)[nH]2)cc([C@@H]2CCCCN2C(=O)c2ccncc2)n1. The molecule has 27 heavy (non-hydrogen) atoms. The van der Waals surface area contributed by atoms with E-state index in [1.807, 2.05) is 24.8 Å². The normalized spacial score (nSPS) is 17.1. The van der Waals surface area contributed by atoms with Crippen LogP contribution >= 0.6 is 0 Å². The van der Waals surface area contributed by atoms with Gasteiger partial charge in [-0.15, -0.1) is 0 Å². The van der Waals surface area contributed by atoms with E-state index in [-0.39, 0.29) is 11.9 Å². The van der Waals surface area contributed by atoms with Crippen molar-refractivity contribution >= 4 is 5.91 Å². The number of pyridine rings is 1. The molecule has 1 atom stereocenters. The van der Waals surface area contributed by atoms with Crippen LogP contribution in [-0.4, -0.2) is 42.3 Å². The topological polar surface area (TPSA) is 87.7 Å². The number of likely N-dealkylation sites (tertiary alicyclic amines) is 1. The van der Waals surface area contributed by atoms with Crippen molar-refractivity contribution in [2.45, 2.75) is 39.2 Å². The van der Waals surface area contributed by atoms with E-state index in [1.165, 1.54) is 0 Å². The third-order valence-electron chi connectivity index (χ3n) is 4.84. The molecule has 0 saturated carbocycles. The highest BCUT2D eigenvalue weighted by atomic mass is 16.2. The fraction of sp³-hybridized carbons (Fsp3) is 0.350. The van der Waals surface area contributed by atoms with Crippen LogP contribution in [0.3, 0.4) is 0 Å². The van der Waals surface area contributed by atoms with E-state index in [1.54, 1.807) is 30.7 Å². The van der Waals surface area contributed by atoms with Gasteiger partial charge < -0.3 is 9.88 Å². The molecule has 0 aromatic carbocycles. The second-order valence-corrected chi connectivity index (χ2v) is 6.89. The second-order valence-electron chi connectivity index (χ2n) is 6.89. The summed E-state index contributed by atoms with van der Waals surface area (Å²) >= 11 is 0. The lowest BCUT2D eigenvalue weighted by molar-refractivity contribution is 0.0605. The fourth-order valence-corrected chi connectivity index (χ4v) is 3.57. The van der Waals surface area contributed by atoms with E-state index in [2.05, 4.69) is 24.9 Å². The van der Waals surface area contributed by atoms with Gasteiger partial charge in [-0.3, -0.25) is 9.78 Å². The minimum absolute atomic E-state index is 0.0220. The van der Waals surface area contributed by atoms with Gasteiger partial charge in [0.1, 0.15) is 11.5 Å². The Bertz CT molecular complexity index is 952. The maximum Gasteiger partial charge on any atom is 0.254 e. The van der Waals surface area contributed by atoms with Gasteiger partial charge in [0.05, 0.1) is 11.7 Å². The summed E-state index contributed by atoms with van der Waals surface area (Å²) in [6, 6.07) is 5.41. The van der Waals surface area contributed by atoms with Crippen molar-refractivity contribution < 1.29 is 4.79 Å². The predicted octanol–water partition coefficient (Wildman–Crippen LogP) is 3.25. The Morgan fingerprint density at radius 1 is 1.19 bits per heavy atom.